The molecule has 13 heteroatoms. The van der Waals surface area contributed by atoms with Crippen molar-refractivity contribution in [3.05, 3.63) is 46.2 Å². The minimum absolute atomic E-state index is 0.0158. The van der Waals surface area contributed by atoms with Crippen LogP contribution in [0.4, 0.5) is 4.79 Å². The largest absolute Gasteiger partial charge is 0.349 e. The molecule has 2 atom stereocenters. The fourth-order valence-corrected chi connectivity index (χ4v) is 8.36. The zero-order valence-corrected chi connectivity index (χ0v) is 27.9. The predicted octanol–water partition coefficient (Wildman–Crippen LogP) is 1.92. The van der Waals surface area contributed by atoms with Crippen LogP contribution < -0.4 is 15.6 Å². The first kappa shape index (κ1) is 33.4. The highest BCUT2D eigenvalue weighted by Crippen LogP contribution is 2.35. The molecule has 1 aromatic heterocycles. The SMILES string of the molecule is CC(C)n1c(=O)c(C(=O)NC2CC3CCC(C2)N3CCNS(=O)(=O)CCCN2CCN(C(=O)N(C)C)CC2)cc2ccccc21. The van der Waals surface area contributed by atoms with E-state index in [1.807, 2.05) is 43.0 Å². The van der Waals surface area contributed by atoms with E-state index >= 15 is 0 Å². The molecule has 2 unspecified atom stereocenters. The third kappa shape index (κ3) is 7.87. The average molecular weight is 644 g/mol. The number of carbonyl (C=O) groups is 2. The number of hydrogen-bond acceptors (Lipinski definition) is 7. The predicted molar refractivity (Wildman–Crippen MR) is 176 cm³/mol. The molecule has 248 valence electrons. The van der Waals surface area contributed by atoms with Gasteiger partial charge in [0.1, 0.15) is 5.56 Å². The molecule has 2 aromatic rings. The van der Waals surface area contributed by atoms with Crippen molar-refractivity contribution in [1.82, 2.24) is 34.2 Å². The molecular formula is C32H49N7O5S. The summed E-state index contributed by atoms with van der Waals surface area (Å²) in [5.41, 5.74) is 0.727. The Morgan fingerprint density at radius 1 is 1.00 bits per heavy atom. The average Bonchev–Trinajstić information content (AvgIpc) is 3.23. The maximum atomic E-state index is 13.4. The van der Waals surface area contributed by atoms with Crippen LogP contribution in [0.25, 0.3) is 10.9 Å². The number of pyridine rings is 1. The molecule has 3 saturated heterocycles. The molecule has 4 heterocycles. The van der Waals surface area contributed by atoms with E-state index in [1.165, 1.54) is 0 Å². The summed E-state index contributed by atoms with van der Waals surface area (Å²) in [5.74, 6) is -0.243. The minimum Gasteiger partial charge on any atom is -0.349 e. The molecule has 12 nitrogen and oxygen atoms in total. The highest BCUT2D eigenvalue weighted by Gasteiger charge is 2.41. The van der Waals surface area contributed by atoms with Crippen molar-refractivity contribution >= 4 is 32.9 Å². The second-order valence-corrected chi connectivity index (χ2v) is 15.1. The Morgan fingerprint density at radius 3 is 2.31 bits per heavy atom. The zero-order chi connectivity index (χ0) is 32.3. The van der Waals surface area contributed by atoms with Gasteiger partial charge in [-0.15, -0.1) is 0 Å². The van der Waals surface area contributed by atoms with E-state index < -0.39 is 10.0 Å². The molecule has 2 N–H and O–H groups in total. The summed E-state index contributed by atoms with van der Waals surface area (Å²) in [6.45, 7) is 8.42. The number of piperazine rings is 1. The second kappa shape index (κ2) is 14.2. The maximum Gasteiger partial charge on any atom is 0.319 e. The number of hydrogen-bond donors (Lipinski definition) is 2. The van der Waals surface area contributed by atoms with Gasteiger partial charge in [-0.05, 0) is 70.0 Å². The topological polar surface area (TPSA) is 127 Å². The number of amides is 3. The van der Waals surface area contributed by atoms with E-state index in [-0.39, 0.29) is 53.0 Å². The number of nitrogens with one attached hydrogen (secondary N) is 2. The lowest BCUT2D eigenvalue weighted by Crippen LogP contribution is -2.52. The molecule has 0 radical (unpaired) electrons. The van der Waals surface area contributed by atoms with Crippen LogP contribution in [-0.4, -0.2) is 128 Å². The Morgan fingerprint density at radius 2 is 1.67 bits per heavy atom. The van der Waals surface area contributed by atoms with Crippen LogP contribution in [0.5, 0.6) is 0 Å². The van der Waals surface area contributed by atoms with Crippen LogP contribution in [0.3, 0.4) is 0 Å². The highest BCUT2D eigenvalue weighted by atomic mass is 32.2. The molecule has 2 bridgehead atoms. The van der Waals surface area contributed by atoms with Crippen molar-refractivity contribution in [2.75, 3.05) is 65.7 Å². The van der Waals surface area contributed by atoms with Crippen molar-refractivity contribution in [2.45, 2.75) is 70.1 Å². The fourth-order valence-electron chi connectivity index (χ4n) is 7.31. The van der Waals surface area contributed by atoms with Crippen molar-refractivity contribution < 1.29 is 18.0 Å². The van der Waals surface area contributed by atoms with Crippen LogP contribution >= 0.6 is 0 Å². The van der Waals surface area contributed by atoms with E-state index in [4.69, 9.17) is 0 Å². The first-order valence-corrected chi connectivity index (χ1v) is 18.0. The van der Waals surface area contributed by atoms with Gasteiger partial charge in [-0.1, -0.05) is 18.2 Å². The first-order valence-electron chi connectivity index (χ1n) is 16.3. The highest BCUT2D eigenvalue weighted by molar-refractivity contribution is 7.89. The molecule has 3 amide bonds. The molecular weight excluding hydrogens is 594 g/mol. The third-order valence-electron chi connectivity index (χ3n) is 9.53. The number of benzene rings is 1. The van der Waals surface area contributed by atoms with Crippen molar-refractivity contribution in [1.29, 1.82) is 0 Å². The van der Waals surface area contributed by atoms with Gasteiger partial charge in [-0.25, -0.2) is 17.9 Å². The van der Waals surface area contributed by atoms with E-state index in [0.717, 1.165) is 49.7 Å². The smallest absolute Gasteiger partial charge is 0.319 e. The Hall–Kier alpha value is -3.00. The normalized spacial score (nSPS) is 22.7. The number of carbonyl (C=O) groups excluding carboxylic acids is 2. The number of rotatable bonds is 11. The van der Waals surface area contributed by atoms with Gasteiger partial charge in [-0.3, -0.25) is 19.4 Å². The molecule has 5 rings (SSSR count). The van der Waals surface area contributed by atoms with Crippen LogP contribution in [0.15, 0.2) is 35.1 Å². The molecule has 3 aliphatic heterocycles. The summed E-state index contributed by atoms with van der Waals surface area (Å²) >= 11 is 0. The summed E-state index contributed by atoms with van der Waals surface area (Å²) < 4.78 is 29.9. The van der Waals surface area contributed by atoms with Crippen LogP contribution in [0.1, 0.15) is 62.4 Å². The standard InChI is InChI=1S/C32H49N7O5S/c1-23(2)39-29-9-6-5-8-24(29)20-28(31(39)41)30(40)34-25-21-26-10-11-27(22-25)38(26)14-12-33-45(43,44)19-7-13-36-15-17-37(18-16-36)32(42)35(3)4/h5-6,8-9,20,23,25-27,33H,7,10-19,21-22H2,1-4H3,(H,34,40). The van der Waals surface area contributed by atoms with Gasteiger partial charge >= 0.3 is 6.03 Å². The number of sulfonamides is 1. The van der Waals surface area contributed by atoms with Gasteiger partial charge in [0.2, 0.25) is 10.0 Å². The Labute approximate surface area is 266 Å². The number of nitrogens with zero attached hydrogens (tertiary/aromatic N) is 5. The van der Waals surface area contributed by atoms with Gasteiger partial charge in [0.15, 0.2) is 0 Å². The molecule has 0 spiro atoms. The fraction of sp³-hybridized carbons (Fsp3) is 0.656. The van der Waals surface area contributed by atoms with E-state index in [2.05, 4.69) is 19.8 Å². The molecule has 3 aliphatic rings. The number of urea groups is 1. The lowest BCUT2D eigenvalue weighted by molar-refractivity contribution is 0.0848. The third-order valence-corrected chi connectivity index (χ3v) is 11.0. The molecule has 45 heavy (non-hydrogen) atoms. The molecule has 3 fully saturated rings. The molecule has 0 aliphatic carbocycles. The Balaban J connectivity index is 1.06. The summed E-state index contributed by atoms with van der Waals surface area (Å²) in [6.07, 6.45) is 4.16. The first-order chi connectivity index (χ1) is 21.4. The lowest BCUT2D eigenvalue weighted by Gasteiger charge is -2.39. The van der Waals surface area contributed by atoms with Crippen molar-refractivity contribution in [3.8, 4) is 0 Å². The van der Waals surface area contributed by atoms with Gasteiger partial charge in [0.25, 0.3) is 11.5 Å². The Bertz CT molecular complexity index is 1520. The van der Waals surface area contributed by atoms with Crippen LogP contribution in [-0.2, 0) is 10.0 Å². The van der Waals surface area contributed by atoms with Crippen molar-refractivity contribution in [2.24, 2.45) is 0 Å². The van der Waals surface area contributed by atoms with E-state index in [9.17, 15) is 22.8 Å². The van der Waals surface area contributed by atoms with Gasteiger partial charge in [-0.2, -0.15) is 0 Å². The van der Waals surface area contributed by atoms with Gasteiger partial charge in [0, 0.05) is 77.5 Å². The minimum atomic E-state index is -3.38. The van der Waals surface area contributed by atoms with Crippen LogP contribution in [0, 0.1) is 0 Å². The zero-order valence-electron chi connectivity index (χ0n) is 27.1. The monoisotopic (exact) mass is 643 g/mol. The van der Waals surface area contributed by atoms with E-state index in [0.29, 0.717) is 39.1 Å². The summed E-state index contributed by atoms with van der Waals surface area (Å²) in [7, 11) is 0.116. The maximum absolute atomic E-state index is 13.4. The molecule has 0 saturated carbocycles. The van der Waals surface area contributed by atoms with Crippen LogP contribution in [0.2, 0.25) is 0 Å². The quantitative estimate of drug-likeness (QED) is 0.383. The number of piperidine rings is 1. The number of para-hydroxylation sites is 1. The second-order valence-electron chi connectivity index (χ2n) is 13.2. The number of aromatic nitrogens is 1. The lowest BCUT2D eigenvalue weighted by atomic mass is 9.97. The van der Waals surface area contributed by atoms with E-state index in [1.54, 1.807) is 29.6 Å². The summed E-state index contributed by atoms with van der Waals surface area (Å²) in [6, 6.07) is 9.82. The summed E-state index contributed by atoms with van der Waals surface area (Å²) in [5, 5.41) is 4.02. The van der Waals surface area contributed by atoms with Crippen molar-refractivity contribution in [3.63, 3.8) is 0 Å². The van der Waals surface area contributed by atoms with Gasteiger partial charge < -0.3 is 19.7 Å². The number of fused-ring (bicyclic) bond motifs is 3. The molecule has 1 aromatic carbocycles. The van der Waals surface area contributed by atoms with Gasteiger partial charge in [0.05, 0.1) is 11.3 Å². The Kier molecular flexibility index (Phi) is 10.5. The summed E-state index contributed by atoms with van der Waals surface area (Å²) in [4.78, 5) is 46.8.